The van der Waals surface area contributed by atoms with Crippen LogP contribution in [0, 0.1) is 6.92 Å². The smallest absolute Gasteiger partial charge is 0.293 e. The van der Waals surface area contributed by atoms with Crippen molar-refractivity contribution in [3.05, 3.63) is 40.4 Å². The minimum Gasteiger partial charge on any atom is -0.497 e. The summed E-state index contributed by atoms with van der Waals surface area (Å²) in [5.74, 6) is 0.978. The molecule has 0 fully saturated rings. The number of hydrogen-bond donors (Lipinski definition) is 1. The van der Waals surface area contributed by atoms with Crippen LogP contribution in [0.1, 0.15) is 5.56 Å². The van der Waals surface area contributed by atoms with Gasteiger partial charge in [0.05, 0.1) is 20.5 Å². The van der Waals surface area contributed by atoms with Gasteiger partial charge in [-0.05, 0) is 30.7 Å². The zero-order valence-electron chi connectivity index (χ0n) is 10.5. The number of H-pyrrole nitrogens is 1. The Morgan fingerprint density at radius 2 is 2.00 bits per heavy atom. The van der Waals surface area contributed by atoms with Gasteiger partial charge in [-0.3, -0.25) is 4.79 Å². The Balaban J connectivity index is 2.62. The zero-order valence-corrected chi connectivity index (χ0v) is 10.5. The number of ether oxygens (including phenoxy) is 2. The lowest BCUT2D eigenvalue weighted by molar-refractivity contribution is 0.407. The molecule has 0 spiro atoms. The highest BCUT2D eigenvalue weighted by Crippen LogP contribution is 2.29. The second-order valence-corrected chi connectivity index (χ2v) is 3.79. The van der Waals surface area contributed by atoms with Crippen molar-refractivity contribution in [2.45, 2.75) is 6.92 Å². The van der Waals surface area contributed by atoms with Gasteiger partial charge in [-0.1, -0.05) is 0 Å². The van der Waals surface area contributed by atoms with E-state index in [4.69, 9.17) is 9.47 Å². The second kappa shape index (κ2) is 4.91. The van der Waals surface area contributed by atoms with E-state index < -0.39 is 0 Å². The molecule has 94 valence electrons. The highest BCUT2D eigenvalue weighted by Gasteiger charge is 2.13. The van der Waals surface area contributed by atoms with Gasteiger partial charge in [0.2, 0.25) is 5.75 Å². The first-order valence-electron chi connectivity index (χ1n) is 5.44. The number of hydrogen-bond acceptors (Lipinski definition) is 4. The van der Waals surface area contributed by atoms with Crippen molar-refractivity contribution in [1.29, 1.82) is 0 Å². The van der Waals surface area contributed by atoms with Gasteiger partial charge in [0.15, 0.2) is 0 Å². The summed E-state index contributed by atoms with van der Waals surface area (Å²) < 4.78 is 10.3. The van der Waals surface area contributed by atoms with Crippen LogP contribution in [-0.4, -0.2) is 24.2 Å². The average Bonchev–Trinajstić information content (AvgIpc) is 2.38. The summed E-state index contributed by atoms with van der Waals surface area (Å²) in [4.78, 5) is 18.3. The van der Waals surface area contributed by atoms with Crippen LogP contribution in [0.3, 0.4) is 0 Å². The predicted molar refractivity (Wildman–Crippen MR) is 68.1 cm³/mol. The first kappa shape index (κ1) is 12.2. The van der Waals surface area contributed by atoms with Gasteiger partial charge in [-0.25, -0.2) is 4.98 Å². The molecule has 1 heterocycles. The third-order valence-corrected chi connectivity index (χ3v) is 2.70. The minimum absolute atomic E-state index is 0.214. The molecule has 2 aromatic rings. The highest BCUT2D eigenvalue weighted by atomic mass is 16.5. The molecule has 0 saturated carbocycles. The van der Waals surface area contributed by atoms with Crippen molar-refractivity contribution >= 4 is 0 Å². The lowest BCUT2D eigenvalue weighted by Crippen LogP contribution is -2.11. The van der Waals surface area contributed by atoms with E-state index in [9.17, 15) is 4.79 Å². The Bertz CT molecular complexity index is 620. The fraction of sp³-hybridized carbons (Fsp3) is 0.231. The van der Waals surface area contributed by atoms with Gasteiger partial charge < -0.3 is 14.5 Å². The summed E-state index contributed by atoms with van der Waals surface area (Å²) in [6.45, 7) is 1.93. The lowest BCUT2D eigenvalue weighted by atomic mass is 10.0. The van der Waals surface area contributed by atoms with Gasteiger partial charge in [0, 0.05) is 5.56 Å². The first-order chi connectivity index (χ1) is 8.67. The minimum atomic E-state index is -0.294. The van der Waals surface area contributed by atoms with E-state index in [-0.39, 0.29) is 11.3 Å². The maximum Gasteiger partial charge on any atom is 0.293 e. The molecule has 1 aromatic heterocycles. The zero-order chi connectivity index (χ0) is 13.1. The first-order valence-corrected chi connectivity index (χ1v) is 5.44. The van der Waals surface area contributed by atoms with E-state index in [2.05, 4.69) is 9.97 Å². The average molecular weight is 246 g/mol. The van der Waals surface area contributed by atoms with Crippen LogP contribution >= 0.6 is 0 Å². The Kier molecular flexibility index (Phi) is 3.32. The lowest BCUT2D eigenvalue weighted by Gasteiger charge is -2.10. The molecule has 0 aliphatic heterocycles. The molecular formula is C13H14N2O3. The Morgan fingerprint density at radius 1 is 1.22 bits per heavy atom. The van der Waals surface area contributed by atoms with Gasteiger partial charge in [-0.15, -0.1) is 0 Å². The number of rotatable bonds is 3. The molecule has 0 amide bonds. The molecule has 2 rings (SSSR count). The van der Waals surface area contributed by atoms with E-state index in [1.807, 2.05) is 25.1 Å². The summed E-state index contributed by atoms with van der Waals surface area (Å²) >= 11 is 0. The number of aromatic amines is 1. The summed E-state index contributed by atoms with van der Waals surface area (Å²) in [5, 5.41) is 0. The van der Waals surface area contributed by atoms with Crippen LogP contribution in [-0.2, 0) is 0 Å². The molecule has 0 bridgehead atoms. The van der Waals surface area contributed by atoms with Crippen LogP contribution in [0.4, 0.5) is 0 Å². The number of benzene rings is 1. The van der Waals surface area contributed by atoms with Crippen LogP contribution in [0.25, 0.3) is 11.3 Å². The van der Waals surface area contributed by atoms with E-state index in [0.717, 1.165) is 16.9 Å². The third kappa shape index (κ3) is 2.07. The summed E-state index contributed by atoms with van der Waals surface area (Å²) in [5.41, 5.74) is 2.05. The van der Waals surface area contributed by atoms with Crippen LogP contribution in [0.15, 0.2) is 29.3 Å². The highest BCUT2D eigenvalue weighted by molar-refractivity contribution is 5.69. The number of aromatic nitrogens is 2. The van der Waals surface area contributed by atoms with Crippen molar-refractivity contribution in [2.24, 2.45) is 0 Å². The normalized spacial score (nSPS) is 10.2. The maximum absolute atomic E-state index is 11.6. The van der Waals surface area contributed by atoms with Crippen LogP contribution < -0.4 is 15.0 Å². The number of aryl methyl sites for hydroxylation is 1. The number of nitrogens with zero attached hydrogens (tertiary/aromatic N) is 1. The summed E-state index contributed by atoms with van der Waals surface area (Å²) in [6.07, 6.45) is 1.36. The quantitative estimate of drug-likeness (QED) is 0.896. The topological polar surface area (TPSA) is 64.2 Å². The predicted octanol–water partition coefficient (Wildman–Crippen LogP) is 1.76. The van der Waals surface area contributed by atoms with Crippen molar-refractivity contribution in [3.8, 4) is 22.8 Å². The largest absolute Gasteiger partial charge is 0.497 e. The van der Waals surface area contributed by atoms with E-state index in [1.165, 1.54) is 13.4 Å². The molecule has 0 aliphatic rings. The van der Waals surface area contributed by atoms with Crippen molar-refractivity contribution in [3.63, 3.8) is 0 Å². The summed E-state index contributed by atoms with van der Waals surface area (Å²) in [7, 11) is 3.06. The Morgan fingerprint density at radius 3 is 2.61 bits per heavy atom. The van der Waals surface area contributed by atoms with Crippen LogP contribution in [0.2, 0.25) is 0 Å². The van der Waals surface area contributed by atoms with Gasteiger partial charge in [0.1, 0.15) is 11.4 Å². The molecule has 0 radical (unpaired) electrons. The number of nitrogens with one attached hydrogen (secondary N) is 1. The van der Waals surface area contributed by atoms with E-state index >= 15 is 0 Å². The van der Waals surface area contributed by atoms with Crippen LogP contribution in [0.5, 0.6) is 11.5 Å². The monoisotopic (exact) mass is 246 g/mol. The second-order valence-electron chi connectivity index (χ2n) is 3.79. The molecule has 1 N–H and O–H groups in total. The fourth-order valence-electron chi connectivity index (χ4n) is 1.80. The third-order valence-electron chi connectivity index (χ3n) is 2.70. The maximum atomic E-state index is 11.6. The Labute approximate surface area is 104 Å². The van der Waals surface area contributed by atoms with Gasteiger partial charge in [-0.2, -0.15) is 0 Å². The SMILES string of the molecule is COc1ccc(-c2nc[nH]c(=O)c2OC)c(C)c1. The van der Waals surface area contributed by atoms with E-state index in [0.29, 0.717) is 5.69 Å². The van der Waals surface area contributed by atoms with Gasteiger partial charge in [0.25, 0.3) is 5.56 Å². The fourth-order valence-corrected chi connectivity index (χ4v) is 1.80. The molecule has 0 aliphatic carbocycles. The summed E-state index contributed by atoms with van der Waals surface area (Å²) in [6, 6.07) is 5.57. The van der Waals surface area contributed by atoms with Crippen molar-refractivity contribution < 1.29 is 9.47 Å². The molecular weight excluding hydrogens is 232 g/mol. The molecule has 1 aromatic carbocycles. The van der Waals surface area contributed by atoms with Crippen molar-refractivity contribution in [2.75, 3.05) is 14.2 Å². The standard InChI is InChI=1S/C13H14N2O3/c1-8-6-9(17-2)4-5-10(8)11-12(18-3)13(16)15-7-14-11/h4-7H,1-3H3,(H,14,15,16). The molecule has 0 saturated heterocycles. The molecule has 0 atom stereocenters. The molecule has 18 heavy (non-hydrogen) atoms. The molecule has 5 heteroatoms. The van der Waals surface area contributed by atoms with E-state index in [1.54, 1.807) is 7.11 Å². The number of methoxy groups -OCH3 is 2. The Hall–Kier alpha value is -2.30. The molecule has 0 unspecified atom stereocenters. The molecule has 5 nitrogen and oxygen atoms in total. The van der Waals surface area contributed by atoms with Crippen molar-refractivity contribution in [1.82, 2.24) is 9.97 Å². The van der Waals surface area contributed by atoms with Gasteiger partial charge >= 0.3 is 0 Å².